The number of piperidine rings is 1. The molecular formula is C21H25N3O6S. The maximum Gasteiger partial charge on any atom is 0.338 e. The summed E-state index contributed by atoms with van der Waals surface area (Å²) >= 11 is 0. The van der Waals surface area contributed by atoms with Crippen LogP contribution in [0.3, 0.4) is 0 Å². The molecule has 0 spiro atoms. The normalized spacial score (nSPS) is 14.8. The monoisotopic (exact) mass is 447 g/mol. The summed E-state index contributed by atoms with van der Waals surface area (Å²) in [4.78, 5) is 36.4. The highest BCUT2D eigenvalue weighted by Gasteiger charge is 2.28. The third-order valence-electron chi connectivity index (χ3n) is 5.12. The number of rotatable bonds is 6. The number of ether oxygens (including phenoxy) is 1. The summed E-state index contributed by atoms with van der Waals surface area (Å²) in [7, 11) is -2.07. The first-order valence-corrected chi connectivity index (χ1v) is 11.4. The number of nitrogens with one attached hydrogen (secondary N) is 1. The fourth-order valence-electron chi connectivity index (χ4n) is 3.39. The lowest BCUT2D eigenvalue weighted by molar-refractivity contribution is -0.123. The highest BCUT2D eigenvalue weighted by Crippen LogP contribution is 2.24. The minimum atomic E-state index is -3.73. The van der Waals surface area contributed by atoms with Crippen LogP contribution in [0.15, 0.2) is 41.4 Å². The highest BCUT2D eigenvalue weighted by atomic mass is 32.2. The number of carbonyl (C=O) groups excluding carboxylic acids is 3. The van der Waals surface area contributed by atoms with Crippen molar-refractivity contribution >= 4 is 27.8 Å². The van der Waals surface area contributed by atoms with Crippen molar-refractivity contribution < 1.29 is 27.5 Å². The molecule has 0 atom stereocenters. The number of hydrogen-bond donors (Lipinski definition) is 1. The summed E-state index contributed by atoms with van der Waals surface area (Å²) in [6, 6.07) is 7.46. The number of sulfonamides is 1. The van der Waals surface area contributed by atoms with Crippen LogP contribution in [-0.2, 0) is 26.6 Å². The Morgan fingerprint density at radius 3 is 2.45 bits per heavy atom. The van der Waals surface area contributed by atoms with Gasteiger partial charge < -0.3 is 9.30 Å². The van der Waals surface area contributed by atoms with Gasteiger partial charge in [-0.05, 0) is 49.6 Å². The van der Waals surface area contributed by atoms with Crippen molar-refractivity contribution in [3.63, 3.8) is 0 Å². The molecule has 2 amide bonds. The molecule has 1 aliphatic rings. The summed E-state index contributed by atoms with van der Waals surface area (Å²) in [6.45, 7) is 1.89. The van der Waals surface area contributed by atoms with E-state index in [-0.39, 0.29) is 16.2 Å². The molecule has 1 aromatic carbocycles. The van der Waals surface area contributed by atoms with Crippen LogP contribution in [0.25, 0.3) is 0 Å². The van der Waals surface area contributed by atoms with Crippen LogP contribution in [0.2, 0.25) is 0 Å². The standard InChI is InChI=1S/C21H25N3O6S/c1-15-8-9-16(13-18(15)31(28,29)24-11-4-3-5-12-24)21(27)30-14-19(25)22-20(26)17-7-6-10-23(17)2/h6-10,13H,3-5,11-12,14H2,1-2H3,(H,22,25,26). The Balaban J connectivity index is 1.65. The molecule has 1 N–H and O–H groups in total. The van der Waals surface area contributed by atoms with Gasteiger partial charge in [-0.1, -0.05) is 12.5 Å². The molecule has 2 heterocycles. The Morgan fingerprint density at radius 2 is 1.81 bits per heavy atom. The minimum absolute atomic E-state index is 0.0164. The van der Waals surface area contributed by atoms with Crippen LogP contribution >= 0.6 is 0 Å². The van der Waals surface area contributed by atoms with Crippen LogP contribution in [0, 0.1) is 6.92 Å². The highest BCUT2D eigenvalue weighted by molar-refractivity contribution is 7.89. The summed E-state index contributed by atoms with van der Waals surface area (Å²) in [6.07, 6.45) is 4.26. The van der Waals surface area contributed by atoms with E-state index in [0.29, 0.717) is 18.7 Å². The van der Waals surface area contributed by atoms with E-state index in [1.54, 1.807) is 36.9 Å². The topological polar surface area (TPSA) is 115 Å². The van der Waals surface area contributed by atoms with Crippen molar-refractivity contribution in [3.8, 4) is 0 Å². The lowest BCUT2D eigenvalue weighted by Gasteiger charge is -2.26. The van der Waals surface area contributed by atoms with Crippen LogP contribution < -0.4 is 5.32 Å². The summed E-state index contributed by atoms with van der Waals surface area (Å²) in [5, 5.41) is 2.14. The molecule has 0 radical (unpaired) electrons. The van der Waals surface area contributed by atoms with E-state index in [2.05, 4.69) is 5.32 Å². The number of aryl methyl sites for hydroxylation is 2. The second kappa shape index (κ2) is 9.44. The number of benzene rings is 1. The van der Waals surface area contributed by atoms with Gasteiger partial charge in [-0.3, -0.25) is 14.9 Å². The maximum atomic E-state index is 13.0. The number of nitrogens with zero attached hydrogens (tertiary/aromatic N) is 2. The van der Waals surface area contributed by atoms with Crippen molar-refractivity contribution in [2.75, 3.05) is 19.7 Å². The molecule has 0 bridgehead atoms. The van der Waals surface area contributed by atoms with Crippen LogP contribution in [0.4, 0.5) is 0 Å². The number of esters is 1. The smallest absolute Gasteiger partial charge is 0.338 e. The lowest BCUT2D eigenvalue weighted by Crippen LogP contribution is -2.36. The van der Waals surface area contributed by atoms with Gasteiger partial charge in [-0.25, -0.2) is 13.2 Å². The minimum Gasteiger partial charge on any atom is -0.452 e. The molecule has 0 unspecified atom stereocenters. The summed E-state index contributed by atoms with van der Waals surface area (Å²) in [5.74, 6) is -2.25. The number of imide groups is 1. The Bertz CT molecular complexity index is 1100. The molecule has 0 aliphatic carbocycles. The largest absolute Gasteiger partial charge is 0.452 e. The zero-order valence-electron chi connectivity index (χ0n) is 17.5. The van der Waals surface area contributed by atoms with E-state index in [1.807, 2.05) is 0 Å². The Hall–Kier alpha value is -2.98. The van der Waals surface area contributed by atoms with Crippen molar-refractivity contribution in [1.82, 2.24) is 14.2 Å². The van der Waals surface area contributed by atoms with E-state index in [9.17, 15) is 22.8 Å². The van der Waals surface area contributed by atoms with Crippen molar-refractivity contribution in [3.05, 3.63) is 53.3 Å². The first-order valence-electron chi connectivity index (χ1n) is 9.93. The number of hydrogen-bond acceptors (Lipinski definition) is 6. The molecule has 0 saturated carbocycles. The van der Waals surface area contributed by atoms with Gasteiger partial charge in [0.15, 0.2) is 6.61 Å². The molecule has 3 rings (SSSR count). The first-order chi connectivity index (χ1) is 14.7. The zero-order chi connectivity index (χ0) is 22.6. The van der Waals surface area contributed by atoms with Gasteiger partial charge in [0.1, 0.15) is 5.69 Å². The zero-order valence-corrected chi connectivity index (χ0v) is 18.3. The predicted molar refractivity (Wildman–Crippen MR) is 112 cm³/mol. The van der Waals surface area contributed by atoms with Crippen molar-refractivity contribution in [1.29, 1.82) is 0 Å². The first kappa shape index (κ1) is 22.7. The van der Waals surface area contributed by atoms with Crippen LogP contribution in [-0.4, -0.2) is 54.8 Å². The third-order valence-corrected chi connectivity index (χ3v) is 7.16. The van der Waals surface area contributed by atoms with Crippen LogP contribution in [0.1, 0.15) is 45.7 Å². The van der Waals surface area contributed by atoms with Gasteiger partial charge in [0.05, 0.1) is 10.5 Å². The quantitative estimate of drug-likeness (QED) is 0.673. The molecule has 2 aromatic rings. The molecule has 10 heteroatoms. The molecule has 31 heavy (non-hydrogen) atoms. The Morgan fingerprint density at radius 1 is 1.10 bits per heavy atom. The molecular weight excluding hydrogens is 422 g/mol. The molecule has 1 aromatic heterocycles. The number of aromatic nitrogens is 1. The van der Waals surface area contributed by atoms with E-state index >= 15 is 0 Å². The second-order valence-electron chi connectivity index (χ2n) is 7.40. The van der Waals surface area contributed by atoms with Gasteiger partial charge in [0.2, 0.25) is 10.0 Å². The Kier molecular flexibility index (Phi) is 6.91. The SMILES string of the molecule is Cc1ccc(C(=O)OCC(=O)NC(=O)c2cccn2C)cc1S(=O)(=O)N1CCCCC1. The van der Waals surface area contributed by atoms with Gasteiger partial charge in [-0.15, -0.1) is 0 Å². The fourth-order valence-corrected chi connectivity index (χ4v) is 5.16. The molecule has 166 valence electrons. The van der Waals surface area contributed by atoms with Gasteiger partial charge >= 0.3 is 5.97 Å². The Labute approximate surface area is 181 Å². The van der Waals surface area contributed by atoms with Crippen molar-refractivity contribution in [2.45, 2.75) is 31.1 Å². The van der Waals surface area contributed by atoms with E-state index in [1.165, 1.54) is 22.5 Å². The molecule has 1 aliphatic heterocycles. The predicted octanol–water partition coefficient (Wildman–Crippen LogP) is 1.62. The average Bonchev–Trinajstić information content (AvgIpc) is 3.19. The van der Waals surface area contributed by atoms with Crippen LogP contribution in [0.5, 0.6) is 0 Å². The van der Waals surface area contributed by atoms with E-state index in [4.69, 9.17) is 4.74 Å². The molecule has 1 saturated heterocycles. The average molecular weight is 448 g/mol. The number of carbonyl (C=O) groups is 3. The summed E-state index contributed by atoms with van der Waals surface area (Å²) in [5.41, 5.74) is 0.821. The second-order valence-corrected chi connectivity index (χ2v) is 9.31. The van der Waals surface area contributed by atoms with Gasteiger partial charge in [-0.2, -0.15) is 4.31 Å². The van der Waals surface area contributed by atoms with E-state index in [0.717, 1.165) is 19.3 Å². The fraction of sp³-hybridized carbons (Fsp3) is 0.381. The summed E-state index contributed by atoms with van der Waals surface area (Å²) < 4.78 is 33.9. The van der Waals surface area contributed by atoms with Crippen molar-refractivity contribution in [2.24, 2.45) is 7.05 Å². The lowest BCUT2D eigenvalue weighted by atomic mass is 10.1. The van der Waals surface area contributed by atoms with Gasteiger partial charge in [0, 0.05) is 26.3 Å². The molecule has 1 fully saturated rings. The maximum absolute atomic E-state index is 13.0. The van der Waals surface area contributed by atoms with E-state index < -0.39 is 34.4 Å². The number of amides is 2. The molecule has 9 nitrogen and oxygen atoms in total. The third kappa shape index (κ3) is 5.20. The van der Waals surface area contributed by atoms with Gasteiger partial charge in [0.25, 0.3) is 11.8 Å².